The number of thiophene rings is 1. The molecule has 0 N–H and O–H groups in total. The van der Waals surface area contributed by atoms with Gasteiger partial charge in [-0.1, -0.05) is 29.8 Å². The summed E-state index contributed by atoms with van der Waals surface area (Å²) in [4.78, 5) is 10.2. The van der Waals surface area contributed by atoms with E-state index in [4.69, 9.17) is 16.6 Å². The fourth-order valence-electron chi connectivity index (χ4n) is 3.04. The van der Waals surface area contributed by atoms with Gasteiger partial charge in [-0.25, -0.2) is 9.67 Å². The predicted molar refractivity (Wildman–Crippen MR) is 99.3 cm³/mol. The Morgan fingerprint density at radius 2 is 1.92 bits per heavy atom. The van der Waals surface area contributed by atoms with Gasteiger partial charge in [-0.15, -0.1) is 11.3 Å². The van der Waals surface area contributed by atoms with E-state index in [1.807, 2.05) is 42.1 Å². The second-order valence-corrected chi connectivity index (χ2v) is 7.07. The van der Waals surface area contributed by atoms with Gasteiger partial charge in [0.1, 0.15) is 4.83 Å². The molecule has 0 aliphatic heterocycles. The number of hydrogen-bond acceptors (Lipinski definition) is 4. The maximum Gasteiger partial charge on any atom is 0.126 e. The smallest absolute Gasteiger partial charge is 0.126 e. The number of fused-ring (bicyclic) bond motifs is 5. The SMILES string of the molecule is Cc1nc2c3cc(Cl)cnc3sc2c2c1cnn2-c1ccccc1. The highest BCUT2D eigenvalue weighted by molar-refractivity contribution is 7.26. The van der Waals surface area contributed by atoms with Gasteiger partial charge in [-0.2, -0.15) is 5.10 Å². The third-order valence-electron chi connectivity index (χ3n) is 4.14. The number of aryl methyl sites for hydroxylation is 1. The predicted octanol–water partition coefficient (Wildman–Crippen LogP) is 5.15. The number of nitrogens with zero attached hydrogens (tertiary/aromatic N) is 4. The molecule has 0 bridgehead atoms. The van der Waals surface area contributed by atoms with E-state index in [2.05, 4.69) is 22.2 Å². The van der Waals surface area contributed by atoms with Crippen LogP contribution in [0.4, 0.5) is 0 Å². The van der Waals surface area contributed by atoms with E-state index in [1.54, 1.807) is 17.5 Å². The Bertz CT molecular complexity index is 1220. The van der Waals surface area contributed by atoms with Gasteiger partial charge in [0.05, 0.1) is 32.6 Å². The van der Waals surface area contributed by atoms with Gasteiger partial charge in [0.25, 0.3) is 0 Å². The Balaban J connectivity index is 1.99. The van der Waals surface area contributed by atoms with Crippen molar-refractivity contribution in [2.24, 2.45) is 0 Å². The first-order valence-corrected chi connectivity index (χ1v) is 8.69. The van der Waals surface area contributed by atoms with Crippen LogP contribution < -0.4 is 0 Å². The Morgan fingerprint density at radius 1 is 1.08 bits per heavy atom. The summed E-state index contributed by atoms with van der Waals surface area (Å²) in [5, 5.41) is 7.28. The maximum absolute atomic E-state index is 6.14. The summed E-state index contributed by atoms with van der Waals surface area (Å²) in [7, 11) is 0. The zero-order chi connectivity index (χ0) is 16.3. The lowest BCUT2D eigenvalue weighted by atomic mass is 10.2. The molecule has 1 aromatic carbocycles. The van der Waals surface area contributed by atoms with Crippen molar-refractivity contribution in [3.8, 4) is 5.69 Å². The van der Waals surface area contributed by atoms with Crippen molar-refractivity contribution in [2.45, 2.75) is 6.92 Å². The second-order valence-electron chi connectivity index (χ2n) is 5.64. The third kappa shape index (κ3) is 1.89. The van der Waals surface area contributed by atoms with E-state index in [1.165, 1.54) is 0 Å². The zero-order valence-corrected chi connectivity index (χ0v) is 14.3. The highest BCUT2D eigenvalue weighted by Crippen LogP contribution is 2.38. The van der Waals surface area contributed by atoms with Crippen molar-refractivity contribution in [2.75, 3.05) is 0 Å². The summed E-state index contributed by atoms with van der Waals surface area (Å²) in [6, 6.07) is 12.1. The molecular formula is C18H11ClN4S. The van der Waals surface area contributed by atoms with Gasteiger partial charge in [0.15, 0.2) is 0 Å². The summed E-state index contributed by atoms with van der Waals surface area (Å²) in [5.41, 5.74) is 4.00. The number of pyridine rings is 2. The van der Waals surface area contributed by atoms with Gasteiger partial charge in [0.2, 0.25) is 0 Å². The number of para-hydroxylation sites is 1. The lowest BCUT2D eigenvalue weighted by Crippen LogP contribution is -1.96. The molecule has 0 unspecified atom stereocenters. The van der Waals surface area contributed by atoms with Gasteiger partial charge in [-0.05, 0) is 25.1 Å². The van der Waals surface area contributed by atoms with E-state index in [0.717, 1.165) is 42.7 Å². The normalized spacial score (nSPS) is 11.8. The molecule has 5 aromatic rings. The number of aromatic nitrogens is 4. The minimum absolute atomic E-state index is 0.623. The standard InChI is InChI=1S/C18H11ClN4S/c1-10-14-9-21-23(12-5-3-2-4-6-12)16(14)17-15(22-10)13-7-11(19)8-20-18(13)24-17/h2-9H,1H3. The first kappa shape index (κ1) is 13.9. The Kier molecular flexibility index (Phi) is 2.89. The highest BCUT2D eigenvalue weighted by Gasteiger charge is 2.17. The molecule has 0 radical (unpaired) electrons. The molecule has 0 aliphatic rings. The van der Waals surface area contributed by atoms with Crippen LogP contribution in [0.2, 0.25) is 5.02 Å². The molecule has 116 valence electrons. The summed E-state index contributed by atoms with van der Waals surface area (Å²) in [6.07, 6.45) is 3.56. The minimum Gasteiger partial charge on any atom is -0.251 e. The van der Waals surface area contributed by atoms with Crippen LogP contribution in [0.25, 0.3) is 37.0 Å². The van der Waals surface area contributed by atoms with E-state index in [-0.39, 0.29) is 0 Å². The van der Waals surface area contributed by atoms with Crippen molar-refractivity contribution in [1.29, 1.82) is 0 Å². The van der Waals surface area contributed by atoms with Crippen LogP contribution in [0.15, 0.2) is 48.8 Å². The average Bonchev–Trinajstić information content (AvgIpc) is 3.18. The average molecular weight is 351 g/mol. The van der Waals surface area contributed by atoms with Gasteiger partial charge < -0.3 is 0 Å². The molecule has 0 amide bonds. The van der Waals surface area contributed by atoms with Gasteiger partial charge in [0, 0.05) is 22.7 Å². The molecule has 0 saturated carbocycles. The molecule has 4 nitrogen and oxygen atoms in total. The van der Waals surface area contributed by atoms with Crippen molar-refractivity contribution < 1.29 is 0 Å². The van der Waals surface area contributed by atoms with Crippen LogP contribution in [0.1, 0.15) is 5.69 Å². The summed E-state index contributed by atoms with van der Waals surface area (Å²) in [6.45, 7) is 2.01. The highest BCUT2D eigenvalue weighted by atomic mass is 35.5. The summed E-state index contributed by atoms with van der Waals surface area (Å²) < 4.78 is 3.06. The van der Waals surface area contributed by atoms with Crippen LogP contribution in [0.3, 0.4) is 0 Å². The van der Waals surface area contributed by atoms with E-state index < -0.39 is 0 Å². The van der Waals surface area contributed by atoms with Crippen LogP contribution in [0, 0.1) is 6.92 Å². The molecule has 0 fully saturated rings. The summed E-state index contributed by atoms with van der Waals surface area (Å²) >= 11 is 7.77. The molecule has 4 aromatic heterocycles. The maximum atomic E-state index is 6.14. The first-order chi connectivity index (χ1) is 11.7. The summed E-state index contributed by atoms with van der Waals surface area (Å²) in [5.74, 6) is 0. The van der Waals surface area contributed by atoms with Gasteiger partial charge >= 0.3 is 0 Å². The monoisotopic (exact) mass is 350 g/mol. The fraction of sp³-hybridized carbons (Fsp3) is 0.0556. The van der Waals surface area contributed by atoms with Crippen LogP contribution in [-0.4, -0.2) is 19.7 Å². The van der Waals surface area contributed by atoms with E-state index >= 15 is 0 Å². The lowest BCUT2D eigenvalue weighted by Gasteiger charge is -2.05. The number of benzene rings is 1. The lowest BCUT2D eigenvalue weighted by molar-refractivity contribution is 0.914. The topological polar surface area (TPSA) is 43.6 Å². The van der Waals surface area contributed by atoms with Crippen molar-refractivity contribution in [3.63, 3.8) is 0 Å². The van der Waals surface area contributed by atoms with Crippen LogP contribution >= 0.6 is 22.9 Å². The Hall–Kier alpha value is -2.50. The zero-order valence-electron chi connectivity index (χ0n) is 12.7. The minimum atomic E-state index is 0.623. The van der Waals surface area contributed by atoms with E-state index in [9.17, 15) is 0 Å². The number of rotatable bonds is 1. The van der Waals surface area contributed by atoms with Crippen molar-refractivity contribution in [1.82, 2.24) is 19.7 Å². The van der Waals surface area contributed by atoms with Crippen molar-refractivity contribution in [3.05, 3.63) is 59.5 Å². The molecule has 0 aliphatic carbocycles. The molecular weight excluding hydrogens is 340 g/mol. The molecule has 4 heterocycles. The van der Waals surface area contributed by atoms with Crippen LogP contribution in [-0.2, 0) is 0 Å². The molecule has 0 atom stereocenters. The quantitative estimate of drug-likeness (QED) is 0.420. The van der Waals surface area contributed by atoms with Crippen LogP contribution in [0.5, 0.6) is 0 Å². The molecule has 5 rings (SSSR count). The third-order valence-corrected chi connectivity index (χ3v) is 5.46. The first-order valence-electron chi connectivity index (χ1n) is 7.50. The van der Waals surface area contributed by atoms with E-state index in [0.29, 0.717) is 5.02 Å². The fourth-order valence-corrected chi connectivity index (χ4v) is 4.31. The Labute approximate surface area is 146 Å². The molecule has 6 heteroatoms. The second kappa shape index (κ2) is 5.00. The molecule has 0 spiro atoms. The largest absolute Gasteiger partial charge is 0.251 e. The van der Waals surface area contributed by atoms with Gasteiger partial charge in [-0.3, -0.25) is 4.98 Å². The Morgan fingerprint density at radius 3 is 2.75 bits per heavy atom. The molecule has 24 heavy (non-hydrogen) atoms. The molecule has 0 saturated heterocycles. The number of hydrogen-bond donors (Lipinski definition) is 0. The van der Waals surface area contributed by atoms with Crippen molar-refractivity contribution >= 4 is 54.3 Å². The number of halogens is 1.